The molecule has 3 heterocycles. The molecule has 0 aliphatic rings. The minimum Gasteiger partial charge on any atom is -0.309 e. The van der Waals surface area contributed by atoms with E-state index in [0.717, 1.165) is 51.5 Å². The van der Waals surface area contributed by atoms with Crippen LogP contribution in [-0.4, -0.2) is 18.7 Å². The smallest absolute Gasteiger partial charge is 0.114 e. The highest BCUT2D eigenvalue weighted by atomic mass is 15.1. The van der Waals surface area contributed by atoms with E-state index in [4.69, 9.17) is 4.98 Å². The van der Waals surface area contributed by atoms with Gasteiger partial charge in [0.1, 0.15) is 5.82 Å². The molecular weight excluding hydrogens is 597 g/mol. The quantitative estimate of drug-likeness (QED) is 0.186. The first-order valence-electron chi connectivity index (χ1n) is 17.0. The van der Waals surface area contributed by atoms with Crippen molar-refractivity contribution in [2.75, 3.05) is 0 Å². The van der Waals surface area contributed by atoms with Crippen molar-refractivity contribution < 1.29 is 0 Å². The lowest BCUT2D eigenvalue weighted by Crippen LogP contribution is -2.01. The zero-order valence-electron chi connectivity index (χ0n) is 27.1. The number of para-hydroxylation sites is 6. The number of rotatable bonds is 5. The van der Waals surface area contributed by atoms with Gasteiger partial charge in [0.05, 0.1) is 33.1 Å². The molecule has 3 aromatic heterocycles. The van der Waals surface area contributed by atoms with Crippen molar-refractivity contribution >= 4 is 54.6 Å². The molecule has 0 amide bonds. The topological polar surface area (TPSA) is 27.7 Å². The molecule has 4 heteroatoms. The van der Waals surface area contributed by atoms with E-state index in [0.29, 0.717) is 0 Å². The SMILES string of the molecule is CCc1nc2ccccc2n1-c1cccc(-c2cc(-n3c4ccccc4c4ccccc43)cc(-n3c4ccccc4c4ccccc43)c2)c1. The molecule has 7 aromatic carbocycles. The number of imidazole rings is 1. The van der Waals surface area contributed by atoms with E-state index in [1.807, 2.05) is 0 Å². The number of aromatic nitrogens is 4. The molecule has 0 saturated carbocycles. The van der Waals surface area contributed by atoms with Crippen LogP contribution < -0.4 is 0 Å². The lowest BCUT2D eigenvalue weighted by atomic mass is 10.0. The fourth-order valence-corrected chi connectivity index (χ4v) is 7.85. The maximum atomic E-state index is 4.98. The van der Waals surface area contributed by atoms with Gasteiger partial charge in [-0.3, -0.25) is 4.57 Å². The second kappa shape index (κ2) is 10.8. The average molecular weight is 629 g/mol. The first kappa shape index (κ1) is 27.7. The third-order valence-electron chi connectivity index (χ3n) is 9.96. The van der Waals surface area contributed by atoms with Crippen molar-refractivity contribution in [1.82, 2.24) is 18.7 Å². The van der Waals surface area contributed by atoms with Gasteiger partial charge in [0.25, 0.3) is 0 Å². The molecule has 0 aliphatic heterocycles. The molecule has 0 bridgehead atoms. The monoisotopic (exact) mass is 628 g/mol. The molecule has 0 aliphatic carbocycles. The van der Waals surface area contributed by atoms with Gasteiger partial charge in [-0.2, -0.15) is 0 Å². The fraction of sp³-hybridized carbons (Fsp3) is 0.0444. The van der Waals surface area contributed by atoms with Gasteiger partial charge in [-0.25, -0.2) is 4.98 Å². The van der Waals surface area contributed by atoms with Gasteiger partial charge in [0.15, 0.2) is 0 Å². The van der Waals surface area contributed by atoms with Crippen LogP contribution in [0.1, 0.15) is 12.7 Å². The number of benzene rings is 7. The summed E-state index contributed by atoms with van der Waals surface area (Å²) < 4.78 is 7.16. The van der Waals surface area contributed by atoms with E-state index in [1.165, 1.54) is 43.6 Å². The second-order valence-electron chi connectivity index (χ2n) is 12.7. The van der Waals surface area contributed by atoms with Gasteiger partial charge < -0.3 is 9.13 Å². The lowest BCUT2D eigenvalue weighted by Gasteiger charge is -2.16. The van der Waals surface area contributed by atoms with Crippen LogP contribution in [0.5, 0.6) is 0 Å². The Hall–Kier alpha value is -6.39. The summed E-state index contributed by atoms with van der Waals surface area (Å²) in [5, 5.41) is 5.01. The van der Waals surface area contributed by atoms with Gasteiger partial charge in [0, 0.05) is 45.0 Å². The number of aryl methyl sites for hydroxylation is 1. The van der Waals surface area contributed by atoms with E-state index >= 15 is 0 Å². The lowest BCUT2D eigenvalue weighted by molar-refractivity contribution is 0.908. The van der Waals surface area contributed by atoms with Crippen molar-refractivity contribution in [1.29, 1.82) is 0 Å². The number of hydrogen-bond donors (Lipinski definition) is 0. The van der Waals surface area contributed by atoms with E-state index in [9.17, 15) is 0 Å². The Kier molecular flexibility index (Phi) is 6.12. The van der Waals surface area contributed by atoms with Crippen LogP contribution >= 0.6 is 0 Å². The van der Waals surface area contributed by atoms with Crippen molar-refractivity contribution in [2.24, 2.45) is 0 Å². The molecule has 232 valence electrons. The largest absolute Gasteiger partial charge is 0.309 e. The molecule has 0 fully saturated rings. The summed E-state index contributed by atoms with van der Waals surface area (Å²) in [4.78, 5) is 4.98. The highest BCUT2D eigenvalue weighted by Gasteiger charge is 2.18. The zero-order valence-corrected chi connectivity index (χ0v) is 27.1. The summed E-state index contributed by atoms with van der Waals surface area (Å²) in [6, 6.07) is 59.3. The van der Waals surface area contributed by atoms with E-state index < -0.39 is 0 Å². The van der Waals surface area contributed by atoms with Gasteiger partial charge >= 0.3 is 0 Å². The zero-order chi connectivity index (χ0) is 32.5. The summed E-state index contributed by atoms with van der Waals surface area (Å²) in [6.45, 7) is 2.18. The van der Waals surface area contributed by atoms with Gasteiger partial charge in [-0.15, -0.1) is 0 Å². The average Bonchev–Trinajstić information content (AvgIpc) is 3.82. The first-order valence-corrected chi connectivity index (χ1v) is 17.0. The van der Waals surface area contributed by atoms with E-state index in [-0.39, 0.29) is 0 Å². The van der Waals surface area contributed by atoms with Crippen LogP contribution in [0.15, 0.2) is 164 Å². The maximum absolute atomic E-state index is 4.98. The summed E-state index contributed by atoms with van der Waals surface area (Å²) in [5.41, 5.74) is 12.6. The molecular formula is C45H32N4. The number of fused-ring (bicyclic) bond motifs is 7. The van der Waals surface area contributed by atoms with E-state index in [2.05, 4.69) is 184 Å². The molecule has 0 radical (unpaired) electrons. The highest BCUT2D eigenvalue weighted by molar-refractivity contribution is 6.10. The van der Waals surface area contributed by atoms with Crippen LogP contribution in [-0.2, 0) is 6.42 Å². The Morgan fingerprint density at radius 2 is 0.837 bits per heavy atom. The second-order valence-corrected chi connectivity index (χ2v) is 12.7. The molecule has 0 atom stereocenters. The highest BCUT2D eigenvalue weighted by Crippen LogP contribution is 2.38. The van der Waals surface area contributed by atoms with Gasteiger partial charge in [-0.05, 0) is 77.9 Å². The Morgan fingerprint density at radius 3 is 1.35 bits per heavy atom. The molecule has 0 spiro atoms. The summed E-state index contributed by atoms with van der Waals surface area (Å²) in [6.07, 6.45) is 0.847. The van der Waals surface area contributed by atoms with Crippen LogP contribution in [0.3, 0.4) is 0 Å². The van der Waals surface area contributed by atoms with Crippen molar-refractivity contribution in [3.63, 3.8) is 0 Å². The van der Waals surface area contributed by atoms with Crippen molar-refractivity contribution in [3.8, 4) is 28.2 Å². The van der Waals surface area contributed by atoms with Gasteiger partial charge in [0.2, 0.25) is 0 Å². The Morgan fingerprint density at radius 1 is 0.388 bits per heavy atom. The molecule has 0 unspecified atom stereocenters. The Bertz CT molecular complexity index is 2640. The predicted molar refractivity (Wildman–Crippen MR) is 205 cm³/mol. The Balaban J connectivity index is 1.28. The van der Waals surface area contributed by atoms with Gasteiger partial charge in [-0.1, -0.05) is 104 Å². The van der Waals surface area contributed by atoms with Crippen LogP contribution in [0.2, 0.25) is 0 Å². The van der Waals surface area contributed by atoms with Crippen LogP contribution in [0.25, 0.3) is 82.8 Å². The van der Waals surface area contributed by atoms with Crippen molar-refractivity contribution in [2.45, 2.75) is 13.3 Å². The molecule has 4 nitrogen and oxygen atoms in total. The van der Waals surface area contributed by atoms with Crippen LogP contribution in [0.4, 0.5) is 0 Å². The third-order valence-corrected chi connectivity index (χ3v) is 9.96. The standard InChI is InChI=1S/C45H32N4/c1-2-45-46-39-20-7-12-25-44(39)49(45)32-15-13-14-30(26-32)31-27-33(47-40-21-8-3-16-35(40)36-17-4-9-22-41(36)47)29-34(28-31)48-42-23-10-5-18-37(42)38-19-6-11-24-43(38)48/h3-29H,2H2,1H3. The Labute approximate surface area is 283 Å². The summed E-state index contributed by atoms with van der Waals surface area (Å²) in [7, 11) is 0. The third kappa shape index (κ3) is 4.20. The van der Waals surface area contributed by atoms with Crippen LogP contribution in [0, 0.1) is 0 Å². The number of nitrogens with zero attached hydrogens (tertiary/aromatic N) is 4. The molecule has 49 heavy (non-hydrogen) atoms. The molecule has 10 rings (SSSR count). The minimum atomic E-state index is 0.847. The maximum Gasteiger partial charge on any atom is 0.114 e. The first-order chi connectivity index (χ1) is 24.3. The summed E-state index contributed by atoms with van der Waals surface area (Å²) in [5.74, 6) is 1.06. The fourth-order valence-electron chi connectivity index (χ4n) is 7.85. The predicted octanol–water partition coefficient (Wildman–Crippen LogP) is 11.4. The molecule has 10 aromatic rings. The molecule has 0 saturated heterocycles. The minimum absolute atomic E-state index is 0.847. The normalized spacial score (nSPS) is 11.9. The van der Waals surface area contributed by atoms with E-state index in [1.54, 1.807) is 0 Å². The number of hydrogen-bond acceptors (Lipinski definition) is 1. The van der Waals surface area contributed by atoms with Crippen molar-refractivity contribution in [3.05, 3.63) is 170 Å². The molecule has 0 N–H and O–H groups in total. The summed E-state index contributed by atoms with van der Waals surface area (Å²) >= 11 is 0.